The van der Waals surface area contributed by atoms with Gasteiger partial charge in [0.2, 0.25) is 5.90 Å². The predicted octanol–water partition coefficient (Wildman–Crippen LogP) is 4.77. The highest BCUT2D eigenvalue weighted by atomic mass is 31.1. The molecule has 4 heteroatoms. The van der Waals surface area contributed by atoms with Crippen molar-refractivity contribution in [2.45, 2.75) is 12.5 Å². The molecule has 0 saturated heterocycles. The summed E-state index contributed by atoms with van der Waals surface area (Å²) in [6, 6.07) is 36.3. The van der Waals surface area contributed by atoms with Crippen LogP contribution in [0.2, 0.25) is 0 Å². The first-order chi connectivity index (χ1) is 14.9. The van der Waals surface area contributed by atoms with E-state index in [1.54, 1.807) is 0 Å². The van der Waals surface area contributed by atoms with E-state index in [0.29, 0.717) is 6.61 Å². The SMILES string of the molecule is c1ccc(CC2COC(c3cccn3P(c3ccccc3)c3ccccc3)=N2)cc1. The van der Waals surface area contributed by atoms with Gasteiger partial charge in [-0.2, -0.15) is 0 Å². The fourth-order valence-electron chi connectivity index (χ4n) is 3.80. The lowest BCUT2D eigenvalue weighted by Crippen LogP contribution is -2.19. The Hall–Kier alpha value is -3.16. The van der Waals surface area contributed by atoms with E-state index in [-0.39, 0.29) is 6.04 Å². The third-order valence-electron chi connectivity index (χ3n) is 5.19. The molecule has 1 aromatic heterocycles. The van der Waals surface area contributed by atoms with Crippen molar-refractivity contribution in [3.05, 3.63) is 121 Å². The molecule has 148 valence electrons. The fourth-order valence-corrected chi connectivity index (χ4v) is 6.08. The first kappa shape index (κ1) is 18.8. The lowest BCUT2D eigenvalue weighted by atomic mass is 10.1. The third kappa shape index (κ3) is 3.94. The van der Waals surface area contributed by atoms with E-state index in [0.717, 1.165) is 18.0 Å². The molecule has 1 unspecified atom stereocenters. The first-order valence-electron chi connectivity index (χ1n) is 10.2. The Morgan fingerprint density at radius 2 is 1.37 bits per heavy atom. The molecule has 5 rings (SSSR count). The summed E-state index contributed by atoms with van der Waals surface area (Å²) in [4.78, 5) is 4.94. The molecular weight excluding hydrogens is 387 g/mol. The van der Waals surface area contributed by atoms with E-state index in [1.807, 2.05) is 6.07 Å². The van der Waals surface area contributed by atoms with Crippen molar-refractivity contribution in [1.82, 2.24) is 4.34 Å². The van der Waals surface area contributed by atoms with Crippen LogP contribution in [-0.4, -0.2) is 22.9 Å². The Balaban J connectivity index is 1.49. The van der Waals surface area contributed by atoms with Gasteiger partial charge in [0.25, 0.3) is 0 Å². The third-order valence-corrected chi connectivity index (χ3v) is 7.55. The Morgan fingerprint density at radius 1 is 0.767 bits per heavy atom. The minimum absolute atomic E-state index is 0.158. The van der Waals surface area contributed by atoms with Crippen molar-refractivity contribution < 1.29 is 4.74 Å². The number of hydrogen-bond acceptors (Lipinski definition) is 2. The monoisotopic (exact) mass is 410 g/mol. The van der Waals surface area contributed by atoms with Gasteiger partial charge in [-0.25, -0.2) is 4.99 Å². The maximum atomic E-state index is 6.08. The average Bonchev–Trinajstić information content (AvgIpc) is 3.46. The van der Waals surface area contributed by atoms with Gasteiger partial charge >= 0.3 is 0 Å². The van der Waals surface area contributed by atoms with Crippen LogP contribution in [0.4, 0.5) is 0 Å². The number of rotatable bonds is 6. The maximum absolute atomic E-state index is 6.08. The lowest BCUT2D eigenvalue weighted by molar-refractivity contribution is 0.316. The van der Waals surface area contributed by atoms with Crippen molar-refractivity contribution in [3.8, 4) is 0 Å². The normalized spacial score (nSPS) is 15.8. The van der Waals surface area contributed by atoms with E-state index in [9.17, 15) is 0 Å². The highest BCUT2D eigenvalue weighted by Crippen LogP contribution is 2.38. The van der Waals surface area contributed by atoms with Crippen LogP contribution in [0.15, 0.2) is 114 Å². The number of hydrogen-bond donors (Lipinski definition) is 0. The van der Waals surface area contributed by atoms with Gasteiger partial charge in [-0.3, -0.25) is 0 Å². The quantitative estimate of drug-likeness (QED) is 0.421. The Kier molecular flexibility index (Phi) is 5.46. The zero-order chi connectivity index (χ0) is 20.2. The first-order valence-corrected chi connectivity index (χ1v) is 11.5. The molecular formula is C26H23N2OP. The van der Waals surface area contributed by atoms with Gasteiger partial charge in [0.05, 0.1) is 14.1 Å². The molecule has 4 aromatic rings. The molecule has 1 aliphatic rings. The molecule has 0 radical (unpaired) electrons. The Morgan fingerprint density at radius 3 is 2.00 bits per heavy atom. The molecule has 0 N–H and O–H groups in total. The summed E-state index contributed by atoms with van der Waals surface area (Å²) in [6.45, 7) is 0.629. The molecule has 0 bridgehead atoms. The molecule has 0 spiro atoms. The lowest BCUT2D eigenvalue weighted by Gasteiger charge is -2.22. The largest absolute Gasteiger partial charge is 0.474 e. The van der Waals surface area contributed by atoms with Crippen LogP contribution in [0.3, 0.4) is 0 Å². The molecule has 2 heterocycles. The number of benzene rings is 3. The molecule has 3 nitrogen and oxygen atoms in total. The number of aliphatic imine (C=N–C) groups is 1. The molecule has 0 aliphatic carbocycles. The van der Waals surface area contributed by atoms with Gasteiger partial charge < -0.3 is 9.07 Å². The minimum atomic E-state index is -0.752. The molecule has 0 fully saturated rings. The minimum Gasteiger partial charge on any atom is -0.474 e. The summed E-state index contributed by atoms with van der Waals surface area (Å²) >= 11 is 0. The van der Waals surface area contributed by atoms with Crippen LogP contribution in [0, 0.1) is 0 Å². The van der Waals surface area contributed by atoms with Crippen LogP contribution in [0.5, 0.6) is 0 Å². The zero-order valence-corrected chi connectivity index (χ0v) is 17.5. The van der Waals surface area contributed by atoms with Crippen molar-refractivity contribution in [2.24, 2.45) is 4.99 Å². The Labute approximate surface area is 178 Å². The highest BCUT2D eigenvalue weighted by Gasteiger charge is 2.26. The van der Waals surface area contributed by atoms with Gasteiger partial charge in [0.1, 0.15) is 12.3 Å². The van der Waals surface area contributed by atoms with Gasteiger partial charge in [0.15, 0.2) is 0 Å². The topological polar surface area (TPSA) is 26.5 Å². The van der Waals surface area contributed by atoms with Crippen LogP contribution >= 0.6 is 8.07 Å². The number of ether oxygens (including phenoxy) is 1. The summed E-state index contributed by atoms with van der Waals surface area (Å²) in [6.07, 6.45) is 3.05. The number of nitrogens with zero attached hydrogens (tertiary/aromatic N) is 2. The smallest absolute Gasteiger partial charge is 0.234 e. The summed E-state index contributed by atoms with van der Waals surface area (Å²) in [5.41, 5.74) is 2.34. The summed E-state index contributed by atoms with van der Waals surface area (Å²) in [5.74, 6) is 0.750. The second-order valence-corrected chi connectivity index (χ2v) is 9.40. The van der Waals surface area contributed by atoms with Gasteiger partial charge in [0, 0.05) is 16.8 Å². The highest BCUT2D eigenvalue weighted by molar-refractivity contribution is 7.71. The van der Waals surface area contributed by atoms with E-state index in [1.165, 1.54) is 16.2 Å². The van der Waals surface area contributed by atoms with Crippen molar-refractivity contribution in [2.75, 3.05) is 6.61 Å². The van der Waals surface area contributed by atoms with E-state index in [4.69, 9.17) is 9.73 Å². The van der Waals surface area contributed by atoms with Gasteiger partial charge in [-0.05, 0) is 24.1 Å². The van der Waals surface area contributed by atoms with Crippen LogP contribution < -0.4 is 10.6 Å². The molecule has 0 saturated carbocycles. The second-order valence-electron chi connectivity index (χ2n) is 7.31. The van der Waals surface area contributed by atoms with Crippen LogP contribution in [0.1, 0.15) is 11.3 Å². The molecule has 30 heavy (non-hydrogen) atoms. The summed E-state index contributed by atoms with van der Waals surface area (Å²) in [5, 5.41) is 2.60. The van der Waals surface area contributed by atoms with Crippen molar-refractivity contribution in [3.63, 3.8) is 0 Å². The molecule has 1 atom stereocenters. The van der Waals surface area contributed by atoms with E-state index < -0.39 is 8.07 Å². The predicted molar refractivity (Wildman–Crippen MR) is 125 cm³/mol. The summed E-state index contributed by atoms with van der Waals surface area (Å²) in [7, 11) is -0.752. The standard InChI is InChI=1S/C26H23N2OP/c1-4-11-21(12-5-1)19-22-20-29-26(27-22)25-17-10-18-28(25)30(23-13-6-2-7-14-23)24-15-8-3-9-16-24/h1-18,22H,19-20H2. The average molecular weight is 410 g/mol. The van der Waals surface area contributed by atoms with Crippen molar-refractivity contribution >= 4 is 24.6 Å². The Bertz CT molecular complexity index is 1080. The number of aromatic nitrogens is 1. The molecule has 0 amide bonds. The van der Waals surface area contributed by atoms with Gasteiger partial charge in [-0.15, -0.1) is 0 Å². The van der Waals surface area contributed by atoms with E-state index >= 15 is 0 Å². The molecule has 3 aromatic carbocycles. The van der Waals surface area contributed by atoms with E-state index in [2.05, 4.69) is 108 Å². The second kappa shape index (κ2) is 8.69. The fraction of sp³-hybridized carbons (Fsp3) is 0.115. The molecule has 1 aliphatic heterocycles. The summed E-state index contributed by atoms with van der Waals surface area (Å²) < 4.78 is 8.42. The van der Waals surface area contributed by atoms with Gasteiger partial charge in [-0.1, -0.05) is 91.0 Å². The van der Waals surface area contributed by atoms with Crippen LogP contribution in [0.25, 0.3) is 0 Å². The van der Waals surface area contributed by atoms with Crippen molar-refractivity contribution in [1.29, 1.82) is 0 Å². The maximum Gasteiger partial charge on any atom is 0.234 e. The van der Waals surface area contributed by atoms with Crippen LogP contribution in [-0.2, 0) is 11.2 Å². The zero-order valence-electron chi connectivity index (χ0n) is 16.6.